The Balaban J connectivity index is 1.88. The van der Waals surface area contributed by atoms with Crippen molar-refractivity contribution in [2.75, 3.05) is 5.73 Å². The van der Waals surface area contributed by atoms with Gasteiger partial charge in [0.15, 0.2) is 5.82 Å². The van der Waals surface area contributed by atoms with Gasteiger partial charge in [0.2, 0.25) is 0 Å². The fourth-order valence-corrected chi connectivity index (χ4v) is 2.65. The number of nitrogen functional groups attached to an aromatic ring is 1. The number of nitrogens with zero attached hydrogens (tertiary/aromatic N) is 2. The van der Waals surface area contributed by atoms with E-state index in [1.165, 1.54) is 12.1 Å². The number of anilines is 1. The van der Waals surface area contributed by atoms with E-state index in [0.29, 0.717) is 11.3 Å². The molecule has 0 bridgehead atoms. The highest BCUT2D eigenvalue weighted by molar-refractivity contribution is 5.67. The molecular weight excluding hydrogens is 318 g/mol. The molecule has 0 saturated carbocycles. The molecule has 0 aliphatic heterocycles. The molecule has 0 amide bonds. The molecule has 0 saturated heterocycles. The minimum atomic E-state index is -1.22. The van der Waals surface area contributed by atoms with E-state index in [9.17, 15) is 15.3 Å². The maximum Gasteiger partial charge on any atom is 0.152 e. The minimum Gasteiger partial charge on any atom is -0.507 e. The highest BCUT2D eigenvalue weighted by Gasteiger charge is 2.23. The Bertz CT molecular complexity index is 856. The van der Waals surface area contributed by atoms with Gasteiger partial charge in [-0.05, 0) is 23.8 Å². The van der Waals surface area contributed by atoms with Gasteiger partial charge in [0.05, 0.1) is 11.8 Å². The Labute approximate surface area is 145 Å². The quantitative estimate of drug-likeness (QED) is 0.567. The van der Waals surface area contributed by atoms with Crippen LogP contribution in [0, 0.1) is 0 Å². The first kappa shape index (κ1) is 16.9. The summed E-state index contributed by atoms with van der Waals surface area (Å²) >= 11 is 0. The van der Waals surface area contributed by atoms with E-state index in [4.69, 9.17) is 5.73 Å². The van der Waals surface area contributed by atoms with Crippen LogP contribution in [0.2, 0.25) is 0 Å². The summed E-state index contributed by atoms with van der Waals surface area (Å²) < 4.78 is 0. The lowest BCUT2D eigenvalue weighted by Gasteiger charge is -2.19. The van der Waals surface area contributed by atoms with E-state index >= 15 is 0 Å². The smallest absolute Gasteiger partial charge is 0.152 e. The maximum absolute atomic E-state index is 10.5. The normalized spacial score (nSPS) is 13.4. The predicted molar refractivity (Wildman–Crippen MR) is 94.7 cm³/mol. The van der Waals surface area contributed by atoms with Crippen LogP contribution in [0.1, 0.15) is 17.2 Å². The lowest BCUT2D eigenvalue weighted by molar-refractivity contribution is 0.0192. The van der Waals surface area contributed by atoms with Crippen LogP contribution in [0.3, 0.4) is 0 Å². The van der Waals surface area contributed by atoms with Crippen LogP contribution in [0.15, 0.2) is 60.7 Å². The van der Waals surface area contributed by atoms with Crippen molar-refractivity contribution >= 4 is 5.82 Å². The molecule has 0 spiro atoms. The number of aliphatic hydroxyl groups excluding tert-OH is 2. The lowest BCUT2D eigenvalue weighted by atomic mass is 9.98. The Hall–Kier alpha value is -2.96. The van der Waals surface area contributed by atoms with Crippen molar-refractivity contribution in [1.82, 2.24) is 10.2 Å². The van der Waals surface area contributed by atoms with Crippen molar-refractivity contribution < 1.29 is 15.3 Å². The average Bonchev–Trinajstić information content (AvgIpc) is 2.63. The van der Waals surface area contributed by atoms with Crippen LogP contribution >= 0.6 is 0 Å². The van der Waals surface area contributed by atoms with Gasteiger partial charge in [-0.2, -0.15) is 0 Å². The van der Waals surface area contributed by atoms with Gasteiger partial charge in [-0.25, -0.2) is 0 Å². The number of phenolic OH excluding ortho intramolecular Hbond substituents is 1. The molecule has 25 heavy (non-hydrogen) atoms. The van der Waals surface area contributed by atoms with Crippen LogP contribution < -0.4 is 5.73 Å². The van der Waals surface area contributed by atoms with E-state index in [-0.39, 0.29) is 23.6 Å². The van der Waals surface area contributed by atoms with Crippen molar-refractivity contribution in [3.63, 3.8) is 0 Å². The highest BCUT2D eigenvalue weighted by atomic mass is 16.3. The summed E-state index contributed by atoms with van der Waals surface area (Å²) in [6.45, 7) is 0. The van der Waals surface area contributed by atoms with Crippen molar-refractivity contribution in [3.05, 3.63) is 71.8 Å². The van der Waals surface area contributed by atoms with Gasteiger partial charge >= 0.3 is 0 Å². The van der Waals surface area contributed by atoms with Crippen molar-refractivity contribution in [2.24, 2.45) is 0 Å². The molecule has 1 heterocycles. The summed E-state index contributed by atoms with van der Waals surface area (Å²) in [4.78, 5) is 0. The molecular formula is C19H19N3O3. The molecule has 0 aliphatic rings. The minimum absolute atomic E-state index is 0.0405. The molecule has 0 aliphatic carbocycles. The van der Waals surface area contributed by atoms with Gasteiger partial charge in [-0.3, -0.25) is 0 Å². The summed E-state index contributed by atoms with van der Waals surface area (Å²) in [7, 11) is 0. The molecule has 2 atom stereocenters. The number of para-hydroxylation sites is 1. The summed E-state index contributed by atoms with van der Waals surface area (Å²) in [5.41, 5.74) is 7.85. The molecule has 3 rings (SSSR count). The van der Waals surface area contributed by atoms with E-state index in [0.717, 1.165) is 5.56 Å². The Morgan fingerprint density at radius 2 is 1.60 bits per heavy atom. The molecule has 128 valence electrons. The number of nitrogens with two attached hydrogens (primary N) is 1. The number of aromatic hydroxyl groups is 1. The van der Waals surface area contributed by atoms with Crippen molar-refractivity contribution in [1.29, 1.82) is 0 Å². The van der Waals surface area contributed by atoms with Gasteiger partial charge in [0.1, 0.15) is 11.9 Å². The monoisotopic (exact) mass is 337 g/mol. The summed E-state index contributed by atoms with van der Waals surface area (Å²) in [6, 6.07) is 17.6. The van der Waals surface area contributed by atoms with Gasteiger partial charge in [-0.15, -0.1) is 10.2 Å². The number of benzene rings is 2. The molecule has 0 radical (unpaired) electrons. The van der Waals surface area contributed by atoms with Crippen molar-refractivity contribution in [3.8, 4) is 17.0 Å². The Morgan fingerprint density at radius 3 is 2.32 bits per heavy atom. The zero-order valence-corrected chi connectivity index (χ0v) is 13.4. The average molecular weight is 337 g/mol. The zero-order valence-electron chi connectivity index (χ0n) is 13.4. The molecule has 6 nitrogen and oxygen atoms in total. The summed E-state index contributed by atoms with van der Waals surface area (Å²) in [5, 5.41) is 38.6. The lowest BCUT2D eigenvalue weighted by Crippen LogP contribution is -2.22. The van der Waals surface area contributed by atoms with Gasteiger partial charge in [0.25, 0.3) is 0 Å². The number of aliphatic hydroxyl groups is 2. The SMILES string of the molecule is Nc1nnc(-c2ccccc2O)cc1[C@@H](O)[C@H](O)Cc1ccccc1. The number of hydrogen-bond donors (Lipinski definition) is 4. The van der Waals surface area contributed by atoms with E-state index in [1.807, 2.05) is 30.3 Å². The third-order valence-corrected chi connectivity index (χ3v) is 4.00. The maximum atomic E-state index is 10.5. The fourth-order valence-electron chi connectivity index (χ4n) is 2.65. The van der Waals surface area contributed by atoms with Crippen LogP contribution in [0.5, 0.6) is 5.75 Å². The Morgan fingerprint density at radius 1 is 0.920 bits per heavy atom. The second kappa shape index (κ2) is 7.29. The largest absolute Gasteiger partial charge is 0.507 e. The topological polar surface area (TPSA) is 112 Å². The number of aromatic nitrogens is 2. The first-order valence-corrected chi connectivity index (χ1v) is 7.88. The third-order valence-electron chi connectivity index (χ3n) is 4.00. The first-order chi connectivity index (χ1) is 12.1. The molecule has 0 unspecified atom stereocenters. The van der Waals surface area contributed by atoms with E-state index < -0.39 is 12.2 Å². The predicted octanol–water partition coefficient (Wildman–Crippen LogP) is 2.07. The molecule has 2 aromatic carbocycles. The van der Waals surface area contributed by atoms with Crippen LogP contribution in [0.4, 0.5) is 5.82 Å². The number of hydrogen-bond acceptors (Lipinski definition) is 6. The first-order valence-electron chi connectivity index (χ1n) is 7.88. The summed E-state index contributed by atoms with van der Waals surface area (Å²) in [5.74, 6) is 0.0885. The van der Waals surface area contributed by atoms with Gasteiger partial charge in [-0.1, -0.05) is 42.5 Å². The number of phenols is 1. The highest BCUT2D eigenvalue weighted by Crippen LogP contribution is 2.31. The number of rotatable bonds is 5. The van der Waals surface area contributed by atoms with Gasteiger partial charge < -0.3 is 21.1 Å². The van der Waals surface area contributed by atoms with Crippen LogP contribution in [0.25, 0.3) is 11.3 Å². The third kappa shape index (κ3) is 3.76. The zero-order chi connectivity index (χ0) is 17.8. The molecule has 3 aromatic rings. The molecule has 1 aromatic heterocycles. The van der Waals surface area contributed by atoms with Gasteiger partial charge in [0, 0.05) is 17.5 Å². The molecule has 0 fully saturated rings. The van der Waals surface area contributed by atoms with Crippen molar-refractivity contribution in [2.45, 2.75) is 18.6 Å². The van der Waals surface area contributed by atoms with Crippen LogP contribution in [-0.2, 0) is 6.42 Å². The summed E-state index contributed by atoms with van der Waals surface area (Å²) in [6.07, 6.45) is -2.00. The van der Waals surface area contributed by atoms with Crippen LogP contribution in [-0.4, -0.2) is 31.6 Å². The Kier molecular flexibility index (Phi) is 4.92. The molecule has 6 heteroatoms. The fraction of sp³-hybridized carbons (Fsp3) is 0.158. The standard InChI is InChI=1S/C19H19N3O3/c20-19-14(18(25)17(24)10-12-6-2-1-3-7-12)11-15(21-22-19)13-8-4-5-9-16(13)23/h1-9,11,17-18,23-25H,10H2,(H2,20,22)/t17-,18-/m1/s1. The van der Waals surface area contributed by atoms with E-state index in [1.54, 1.807) is 18.2 Å². The second-order valence-corrected chi connectivity index (χ2v) is 5.79. The van der Waals surface area contributed by atoms with E-state index in [2.05, 4.69) is 10.2 Å². The molecule has 5 N–H and O–H groups in total. The second-order valence-electron chi connectivity index (χ2n) is 5.79.